The summed E-state index contributed by atoms with van der Waals surface area (Å²) in [5.74, 6) is 2.99. The number of aliphatic imine (C=N–C) groups is 1. The molecule has 1 saturated heterocycles. The lowest BCUT2D eigenvalue weighted by molar-refractivity contribution is 0.459. The van der Waals surface area contributed by atoms with Crippen LogP contribution in [0, 0.1) is 0 Å². The van der Waals surface area contributed by atoms with Crippen LogP contribution in [0.5, 0.6) is 11.5 Å². The molecule has 2 aromatic rings. The number of rotatable bonds is 4. The minimum Gasteiger partial charge on any atom is -0.457 e. The summed E-state index contributed by atoms with van der Waals surface area (Å²) in [5, 5.41) is 0. The summed E-state index contributed by atoms with van der Waals surface area (Å²) >= 11 is 0. The number of hydrogen-bond donors (Lipinski definition) is 0. The van der Waals surface area contributed by atoms with Gasteiger partial charge in [0.25, 0.3) is 0 Å². The van der Waals surface area contributed by atoms with E-state index in [1.165, 1.54) is 56.3 Å². The highest BCUT2D eigenvalue weighted by atomic mass is 16.5. The zero-order valence-corrected chi connectivity index (χ0v) is 17.4. The number of amidine groups is 1. The molecule has 0 aliphatic carbocycles. The van der Waals surface area contributed by atoms with E-state index in [0.717, 1.165) is 24.5 Å². The largest absolute Gasteiger partial charge is 0.457 e. The zero-order chi connectivity index (χ0) is 19.6. The van der Waals surface area contributed by atoms with E-state index in [2.05, 4.69) is 31.0 Å². The first-order chi connectivity index (χ1) is 13.7. The fraction of sp³-hybridized carbons (Fsp3) is 0.480. The van der Waals surface area contributed by atoms with Crippen molar-refractivity contribution in [1.82, 2.24) is 4.90 Å². The van der Waals surface area contributed by atoms with Gasteiger partial charge >= 0.3 is 0 Å². The second kappa shape index (κ2) is 10.9. The van der Waals surface area contributed by atoms with Gasteiger partial charge in [-0.3, -0.25) is 4.99 Å². The molecule has 0 saturated carbocycles. The molecule has 0 spiro atoms. The SMILES string of the molecule is CC(N=C1CCCCCCCCCN1C)c1ccc(Oc2ccccc2)cc1. The third-order valence-corrected chi connectivity index (χ3v) is 5.52. The fourth-order valence-corrected chi connectivity index (χ4v) is 3.74. The summed E-state index contributed by atoms with van der Waals surface area (Å²) in [7, 11) is 2.21. The van der Waals surface area contributed by atoms with Crippen LogP contribution < -0.4 is 4.74 Å². The van der Waals surface area contributed by atoms with Crippen LogP contribution in [0.25, 0.3) is 0 Å². The Hall–Kier alpha value is -2.29. The van der Waals surface area contributed by atoms with Crippen molar-refractivity contribution in [2.45, 2.75) is 64.3 Å². The average Bonchev–Trinajstić information content (AvgIpc) is 2.76. The van der Waals surface area contributed by atoms with E-state index in [4.69, 9.17) is 9.73 Å². The topological polar surface area (TPSA) is 24.8 Å². The summed E-state index contributed by atoms with van der Waals surface area (Å²) < 4.78 is 5.90. The van der Waals surface area contributed by atoms with E-state index in [1.54, 1.807) is 0 Å². The Morgan fingerprint density at radius 1 is 0.786 bits per heavy atom. The van der Waals surface area contributed by atoms with E-state index in [9.17, 15) is 0 Å². The van der Waals surface area contributed by atoms with Gasteiger partial charge in [-0.05, 0) is 49.6 Å². The molecule has 3 rings (SSSR count). The van der Waals surface area contributed by atoms with Gasteiger partial charge in [-0.15, -0.1) is 0 Å². The molecule has 1 fully saturated rings. The van der Waals surface area contributed by atoms with Crippen LogP contribution in [-0.4, -0.2) is 24.3 Å². The van der Waals surface area contributed by atoms with Gasteiger partial charge in [0.05, 0.1) is 11.9 Å². The Bertz CT molecular complexity index is 724. The van der Waals surface area contributed by atoms with Crippen molar-refractivity contribution in [2.24, 2.45) is 4.99 Å². The van der Waals surface area contributed by atoms with Gasteiger partial charge in [0.2, 0.25) is 0 Å². The smallest absolute Gasteiger partial charge is 0.127 e. The predicted octanol–water partition coefficient (Wildman–Crippen LogP) is 7.00. The molecular weight excluding hydrogens is 344 g/mol. The number of para-hydroxylation sites is 1. The standard InChI is InChI=1S/C25H34N2O/c1-21(26-25-15-11-6-4-3-5-7-12-20-27(25)2)22-16-18-24(19-17-22)28-23-13-9-8-10-14-23/h8-10,13-14,16-19,21H,3-7,11-12,15,20H2,1-2H3. The van der Waals surface area contributed by atoms with Crippen LogP contribution in [0.15, 0.2) is 59.6 Å². The molecule has 1 atom stereocenters. The van der Waals surface area contributed by atoms with Crippen LogP contribution in [0.1, 0.15) is 69.9 Å². The lowest BCUT2D eigenvalue weighted by Gasteiger charge is -2.23. The second-order valence-corrected chi connectivity index (χ2v) is 7.85. The molecule has 1 aliphatic heterocycles. The van der Waals surface area contributed by atoms with Crippen molar-refractivity contribution in [2.75, 3.05) is 13.6 Å². The zero-order valence-electron chi connectivity index (χ0n) is 17.4. The summed E-state index contributed by atoms with van der Waals surface area (Å²) in [6.07, 6.45) is 10.4. The monoisotopic (exact) mass is 378 g/mol. The Morgan fingerprint density at radius 2 is 1.39 bits per heavy atom. The Balaban J connectivity index is 1.65. The van der Waals surface area contributed by atoms with E-state index >= 15 is 0 Å². The third-order valence-electron chi connectivity index (χ3n) is 5.52. The van der Waals surface area contributed by atoms with E-state index < -0.39 is 0 Å². The summed E-state index contributed by atoms with van der Waals surface area (Å²) in [6, 6.07) is 18.4. The van der Waals surface area contributed by atoms with Crippen LogP contribution >= 0.6 is 0 Å². The Kier molecular flexibility index (Phi) is 7.95. The molecule has 1 unspecified atom stereocenters. The van der Waals surface area contributed by atoms with Gasteiger partial charge in [0.15, 0.2) is 0 Å². The first kappa shape index (κ1) is 20.4. The van der Waals surface area contributed by atoms with Crippen molar-refractivity contribution >= 4 is 5.84 Å². The maximum atomic E-state index is 5.90. The Labute approximate surface area is 170 Å². The molecule has 0 N–H and O–H groups in total. The maximum absolute atomic E-state index is 5.90. The number of ether oxygens (including phenoxy) is 1. The van der Waals surface area contributed by atoms with Crippen molar-refractivity contribution < 1.29 is 4.74 Å². The number of nitrogens with zero attached hydrogens (tertiary/aromatic N) is 2. The van der Waals surface area contributed by atoms with Gasteiger partial charge in [-0.25, -0.2) is 0 Å². The molecule has 28 heavy (non-hydrogen) atoms. The average molecular weight is 379 g/mol. The van der Waals surface area contributed by atoms with E-state index in [-0.39, 0.29) is 6.04 Å². The second-order valence-electron chi connectivity index (χ2n) is 7.85. The molecule has 2 aromatic carbocycles. The lowest BCUT2D eigenvalue weighted by Crippen LogP contribution is -2.28. The molecule has 0 aromatic heterocycles. The molecule has 150 valence electrons. The van der Waals surface area contributed by atoms with Crippen LogP contribution in [-0.2, 0) is 0 Å². The lowest BCUT2D eigenvalue weighted by atomic mass is 10.1. The molecule has 0 radical (unpaired) electrons. The van der Waals surface area contributed by atoms with E-state index in [0.29, 0.717) is 0 Å². The fourth-order valence-electron chi connectivity index (χ4n) is 3.74. The van der Waals surface area contributed by atoms with Gasteiger partial charge in [-0.2, -0.15) is 0 Å². The predicted molar refractivity (Wildman–Crippen MR) is 118 cm³/mol. The highest BCUT2D eigenvalue weighted by molar-refractivity contribution is 5.82. The molecule has 3 nitrogen and oxygen atoms in total. The van der Waals surface area contributed by atoms with Gasteiger partial charge in [0.1, 0.15) is 11.5 Å². The summed E-state index contributed by atoms with van der Waals surface area (Å²) in [5.41, 5.74) is 1.23. The minimum atomic E-state index is 0.161. The number of benzene rings is 2. The van der Waals surface area contributed by atoms with Crippen LogP contribution in [0.3, 0.4) is 0 Å². The van der Waals surface area contributed by atoms with Crippen molar-refractivity contribution in [3.05, 3.63) is 60.2 Å². The van der Waals surface area contributed by atoms with E-state index in [1.807, 2.05) is 42.5 Å². The van der Waals surface area contributed by atoms with Gasteiger partial charge < -0.3 is 9.64 Å². The molecule has 1 aliphatic rings. The van der Waals surface area contributed by atoms with Crippen molar-refractivity contribution in [3.8, 4) is 11.5 Å². The van der Waals surface area contributed by atoms with Gasteiger partial charge in [-0.1, -0.05) is 62.4 Å². The van der Waals surface area contributed by atoms with Crippen LogP contribution in [0.4, 0.5) is 0 Å². The Morgan fingerprint density at radius 3 is 2.11 bits per heavy atom. The number of hydrogen-bond acceptors (Lipinski definition) is 2. The third kappa shape index (κ3) is 6.40. The molecule has 0 amide bonds. The quantitative estimate of drug-likeness (QED) is 0.572. The highest BCUT2D eigenvalue weighted by Crippen LogP contribution is 2.25. The minimum absolute atomic E-state index is 0.161. The van der Waals surface area contributed by atoms with Crippen molar-refractivity contribution in [1.29, 1.82) is 0 Å². The first-order valence-corrected chi connectivity index (χ1v) is 10.8. The summed E-state index contributed by atoms with van der Waals surface area (Å²) in [4.78, 5) is 7.49. The molecule has 1 heterocycles. The molecule has 3 heteroatoms. The normalized spacial score (nSPS) is 19.1. The molecule has 0 bridgehead atoms. The highest BCUT2D eigenvalue weighted by Gasteiger charge is 2.11. The van der Waals surface area contributed by atoms with Gasteiger partial charge in [0, 0.05) is 20.0 Å². The maximum Gasteiger partial charge on any atom is 0.127 e. The first-order valence-electron chi connectivity index (χ1n) is 10.8. The van der Waals surface area contributed by atoms with Crippen molar-refractivity contribution in [3.63, 3.8) is 0 Å². The van der Waals surface area contributed by atoms with Crippen LogP contribution in [0.2, 0.25) is 0 Å². The molecular formula is C25H34N2O. The summed E-state index contributed by atoms with van der Waals surface area (Å²) in [6.45, 7) is 3.31.